The summed E-state index contributed by atoms with van der Waals surface area (Å²) in [7, 11) is 1.25. The lowest BCUT2D eigenvalue weighted by Crippen LogP contribution is -2.71. The van der Waals surface area contributed by atoms with Crippen molar-refractivity contribution >= 4 is 18.0 Å². The van der Waals surface area contributed by atoms with Crippen molar-refractivity contribution in [3.63, 3.8) is 0 Å². The van der Waals surface area contributed by atoms with Crippen LogP contribution in [0.2, 0.25) is 0 Å². The molecule has 1 aliphatic rings. The summed E-state index contributed by atoms with van der Waals surface area (Å²) in [5.74, 6) is -1.49. The van der Waals surface area contributed by atoms with Gasteiger partial charge in [-0.2, -0.15) is 0 Å². The SMILES string of the molecule is COC(=O)CNC1(CC(=O)O)CN(C(=O)OC(C)(C)C)C1. The zero-order chi connectivity index (χ0) is 16.3. The maximum atomic E-state index is 11.8. The van der Waals surface area contributed by atoms with E-state index in [1.165, 1.54) is 12.0 Å². The quantitative estimate of drug-likeness (QED) is 0.699. The molecular weight excluding hydrogens is 280 g/mol. The number of carboxylic acid groups (broad SMARTS) is 1. The molecule has 8 heteroatoms. The largest absolute Gasteiger partial charge is 0.481 e. The number of carbonyl (C=O) groups excluding carboxylic acids is 2. The van der Waals surface area contributed by atoms with Crippen LogP contribution in [0, 0.1) is 0 Å². The van der Waals surface area contributed by atoms with E-state index in [9.17, 15) is 14.4 Å². The average Bonchev–Trinajstić information content (AvgIpc) is 2.28. The van der Waals surface area contributed by atoms with Gasteiger partial charge in [0.25, 0.3) is 0 Å². The number of ether oxygens (including phenoxy) is 2. The van der Waals surface area contributed by atoms with Crippen LogP contribution in [-0.2, 0) is 19.1 Å². The second kappa shape index (κ2) is 6.30. The number of nitrogens with zero attached hydrogens (tertiary/aromatic N) is 1. The van der Waals surface area contributed by atoms with Crippen LogP contribution in [0.4, 0.5) is 4.79 Å². The van der Waals surface area contributed by atoms with Gasteiger partial charge in [0, 0.05) is 13.1 Å². The number of esters is 1. The molecule has 0 bridgehead atoms. The van der Waals surface area contributed by atoms with Gasteiger partial charge in [0.15, 0.2) is 0 Å². The van der Waals surface area contributed by atoms with Crippen molar-refractivity contribution in [3.8, 4) is 0 Å². The first kappa shape index (κ1) is 17.2. The highest BCUT2D eigenvalue weighted by molar-refractivity contribution is 5.74. The fraction of sp³-hybridized carbons (Fsp3) is 0.769. The molecule has 21 heavy (non-hydrogen) atoms. The fourth-order valence-corrected chi connectivity index (χ4v) is 2.05. The van der Waals surface area contributed by atoms with Gasteiger partial charge in [-0.3, -0.25) is 14.9 Å². The number of aliphatic carboxylic acids is 1. The minimum Gasteiger partial charge on any atom is -0.481 e. The summed E-state index contributed by atoms with van der Waals surface area (Å²) in [6.45, 7) is 5.50. The van der Waals surface area contributed by atoms with Crippen molar-refractivity contribution in [2.24, 2.45) is 0 Å². The molecular formula is C13H22N2O6. The third-order valence-corrected chi connectivity index (χ3v) is 2.96. The molecule has 0 aromatic heterocycles. The third kappa shape index (κ3) is 5.22. The third-order valence-electron chi connectivity index (χ3n) is 2.96. The Morgan fingerprint density at radius 1 is 1.29 bits per heavy atom. The molecule has 0 saturated carbocycles. The summed E-state index contributed by atoms with van der Waals surface area (Å²) < 4.78 is 9.71. The van der Waals surface area contributed by atoms with Gasteiger partial charge in [-0.05, 0) is 20.8 Å². The Bertz CT molecular complexity index is 423. The molecule has 0 spiro atoms. The van der Waals surface area contributed by atoms with E-state index in [-0.39, 0.29) is 26.1 Å². The topological polar surface area (TPSA) is 105 Å². The Morgan fingerprint density at radius 3 is 2.29 bits per heavy atom. The molecule has 120 valence electrons. The first-order valence-electron chi connectivity index (χ1n) is 6.58. The van der Waals surface area contributed by atoms with Crippen LogP contribution < -0.4 is 5.32 Å². The number of amides is 1. The summed E-state index contributed by atoms with van der Waals surface area (Å²) >= 11 is 0. The first-order valence-corrected chi connectivity index (χ1v) is 6.58. The molecule has 1 amide bonds. The summed E-state index contributed by atoms with van der Waals surface area (Å²) in [5, 5.41) is 11.8. The van der Waals surface area contributed by atoms with Gasteiger partial charge in [-0.25, -0.2) is 4.79 Å². The van der Waals surface area contributed by atoms with E-state index in [0.29, 0.717) is 0 Å². The second-order valence-corrected chi connectivity index (χ2v) is 6.12. The van der Waals surface area contributed by atoms with Crippen LogP contribution in [0.3, 0.4) is 0 Å². The maximum Gasteiger partial charge on any atom is 0.410 e. The lowest BCUT2D eigenvalue weighted by atomic mass is 9.86. The van der Waals surface area contributed by atoms with Crippen molar-refractivity contribution in [2.75, 3.05) is 26.7 Å². The zero-order valence-electron chi connectivity index (χ0n) is 12.8. The summed E-state index contributed by atoms with van der Waals surface area (Å²) in [5.41, 5.74) is -1.43. The molecule has 1 aliphatic heterocycles. The minimum atomic E-state index is -1.00. The number of nitrogens with one attached hydrogen (secondary N) is 1. The Kier molecular flexibility index (Phi) is 5.16. The molecule has 1 rings (SSSR count). The Balaban J connectivity index is 2.59. The smallest absolute Gasteiger partial charge is 0.410 e. The molecule has 1 fully saturated rings. The van der Waals surface area contributed by atoms with Crippen molar-refractivity contribution in [3.05, 3.63) is 0 Å². The van der Waals surface area contributed by atoms with Crippen LogP contribution in [-0.4, -0.2) is 65.9 Å². The van der Waals surface area contributed by atoms with Crippen LogP contribution in [0.25, 0.3) is 0 Å². The Hall–Kier alpha value is -1.83. The number of likely N-dealkylation sites (tertiary alicyclic amines) is 1. The fourth-order valence-electron chi connectivity index (χ4n) is 2.05. The highest BCUT2D eigenvalue weighted by atomic mass is 16.6. The van der Waals surface area contributed by atoms with Gasteiger partial charge < -0.3 is 19.5 Å². The van der Waals surface area contributed by atoms with E-state index in [4.69, 9.17) is 9.84 Å². The van der Waals surface area contributed by atoms with Crippen molar-refractivity contribution in [1.29, 1.82) is 0 Å². The molecule has 0 radical (unpaired) electrons. The number of methoxy groups -OCH3 is 1. The number of rotatable bonds is 5. The van der Waals surface area contributed by atoms with E-state index in [1.54, 1.807) is 20.8 Å². The monoisotopic (exact) mass is 302 g/mol. The van der Waals surface area contributed by atoms with Crippen molar-refractivity contribution in [2.45, 2.75) is 38.3 Å². The highest BCUT2D eigenvalue weighted by Crippen LogP contribution is 2.26. The normalized spacial score (nSPS) is 16.9. The molecule has 1 heterocycles. The van der Waals surface area contributed by atoms with Crippen molar-refractivity contribution < 1.29 is 29.0 Å². The van der Waals surface area contributed by atoms with Gasteiger partial charge >= 0.3 is 18.0 Å². The van der Waals surface area contributed by atoms with Gasteiger partial charge in [0.1, 0.15) is 5.60 Å². The molecule has 0 unspecified atom stereocenters. The van der Waals surface area contributed by atoms with Gasteiger partial charge in [-0.15, -0.1) is 0 Å². The second-order valence-electron chi connectivity index (χ2n) is 6.12. The molecule has 1 saturated heterocycles. The Morgan fingerprint density at radius 2 is 1.86 bits per heavy atom. The predicted molar refractivity (Wildman–Crippen MR) is 72.8 cm³/mol. The highest BCUT2D eigenvalue weighted by Gasteiger charge is 2.47. The lowest BCUT2D eigenvalue weighted by Gasteiger charge is -2.49. The maximum absolute atomic E-state index is 11.8. The van der Waals surface area contributed by atoms with Gasteiger partial charge in [-0.1, -0.05) is 0 Å². The van der Waals surface area contributed by atoms with Crippen LogP contribution in [0.15, 0.2) is 0 Å². The van der Waals surface area contributed by atoms with E-state index in [2.05, 4.69) is 10.1 Å². The van der Waals surface area contributed by atoms with Gasteiger partial charge in [0.05, 0.1) is 25.6 Å². The van der Waals surface area contributed by atoms with Gasteiger partial charge in [0.2, 0.25) is 0 Å². The van der Waals surface area contributed by atoms with E-state index >= 15 is 0 Å². The van der Waals surface area contributed by atoms with Crippen LogP contribution in [0.1, 0.15) is 27.2 Å². The van der Waals surface area contributed by atoms with Crippen LogP contribution >= 0.6 is 0 Å². The standard InChI is InChI=1S/C13H22N2O6/c1-12(2,3)21-11(19)15-7-13(8-15,5-9(16)17)14-6-10(18)20-4/h14H,5-8H2,1-4H3,(H,16,17). The number of hydrogen-bond acceptors (Lipinski definition) is 6. The molecule has 0 aliphatic carbocycles. The average molecular weight is 302 g/mol. The molecule has 2 N–H and O–H groups in total. The summed E-state index contributed by atoms with van der Waals surface area (Å²) in [6.07, 6.45) is -0.688. The number of hydrogen-bond donors (Lipinski definition) is 2. The van der Waals surface area contributed by atoms with E-state index in [0.717, 1.165) is 0 Å². The molecule has 0 atom stereocenters. The summed E-state index contributed by atoms with van der Waals surface area (Å²) in [4.78, 5) is 35.3. The number of carboxylic acids is 1. The molecule has 0 aromatic rings. The lowest BCUT2D eigenvalue weighted by molar-refractivity contribution is -0.144. The molecule has 0 aromatic carbocycles. The first-order chi connectivity index (χ1) is 9.57. The Labute approximate surface area is 123 Å². The van der Waals surface area contributed by atoms with Crippen molar-refractivity contribution in [1.82, 2.24) is 10.2 Å². The summed E-state index contributed by atoms with van der Waals surface area (Å²) in [6, 6.07) is 0. The minimum absolute atomic E-state index is 0.105. The van der Waals surface area contributed by atoms with E-state index < -0.39 is 29.2 Å². The van der Waals surface area contributed by atoms with E-state index in [1.807, 2.05) is 0 Å². The molecule has 8 nitrogen and oxygen atoms in total. The number of carbonyl (C=O) groups is 3. The van der Waals surface area contributed by atoms with Crippen LogP contribution in [0.5, 0.6) is 0 Å². The zero-order valence-corrected chi connectivity index (χ0v) is 12.8. The predicted octanol–water partition coefficient (Wildman–Crippen LogP) is 0.213.